The summed E-state index contributed by atoms with van der Waals surface area (Å²) in [6.07, 6.45) is 1.81. The van der Waals surface area contributed by atoms with E-state index in [9.17, 15) is 0 Å². The Morgan fingerprint density at radius 2 is 2.00 bits per heavy atom. The quantitative estimate of drug-likeness (QED) is 0.641. The predicted octanol–water partition coefficient (Wildman–Crippen LogP) is 2.44. The van der Waals surface area contributed by atoms with Gasteiger partial charge in [0.25, 0.3) is 0 Å². The van der Waals surface area contributed by atoms with E-state index in [-0.39, 0.29) is 5.54 Å². The van der Waals surface area contributed by atoms with Gasteiger partial charge in [-0.15, -0.1) is 0 Å². The molecule has 19 heavy (non-hydrogen) atoms. The van der Waals surface area contributed by atoms with E-state index in [2.05, 4.69) is 42.1 Å². The smallest absolute Gasteiger partial charge is 0.189 e. The summed E-state index contributed by atoms with van der Waals surface area (Å²) < 4.78 is 0. The predicted molar refractivity (Wildman–Crippen MR) is 80.0 cm³/mol. The van der Waals surface area contributed by atoms with E-state index in [4.69, 9.17) is 5.73 Å². The lowest BCUT2D eigenvalue weighted by atomic mass is 10.1. The normalized spacial score (nSPS) is 12.7. The fourth-order valence-electron chi connectivity index (χ4n) is 1.89. The number of hydrogen-bond acceptors (Lipinski definition) is 2. The molecule has 100 valence electrons. The first-order valence-corrected chi connectivity index (χ1v) is 6.36. The minimum Gasteiger partial charge on any atom is -0.370 e. The van der Waals surface area contributed by atoms with Gasteiger partial charge in [0.1, 0.15) is 0 Å². The topological polar surface area (TPSA) is 63.3 Å². The van der Waals surface area contributed by atoms with E-state index in [1.807, 2.05) is 24.3 Å². The molecule has 0 aliphatic carbocycles. The molecule has 0 atom stereocenters. The zero-order valence-corrected chi connectivity index (χ0v) is 11.6. The van der Waals surface area contributed by atoms with Gasteiger partial charge in [-0.1, -0.05) is 18.2 Å². The van der Waals surface area contributed by atoms with Crippen molar-refractivity contribution in [2.75, 3.05) is 0 Å². The number of fused-ring (bicyclic) bond motifs is 1. The molecular formula is C15H20N4. The standard InChI is InChI=1S/C15H20N4/c1-15(2,3)19-14(16)18-10-11-8-9-17-13-7-5-4-6-12(11)13/h4-9H,10H2,1-3H3,(H3,16,18,19). The summed E-state index contributed by atoms with van der Waals surface area (Å²) in [4.78, 5) is 8.72. The van der Waals surface area contributed by atoms with Crippen LogP contribution in [0.4, 0.5) is 0 Å². The molecule has 1 aromatic carbocycles. The van der Waals surface area contributed by atoms with Gasteiger partial charge in [0, 0.05) is 17.1 Å². The Balaban J connectivity index is 2.20. The number of para-hydroxylation sites is 1. The maximum atomic E-state index is 5.88. The summed E-state index contributed by atoms with van der Waals surface area (Å²) in [5.41, 5.74) is 7.91. The molecule has 0 unspecified atom stereocenters. The largest absolute Gasteiger partial charge is 0.370 e. The Hall–Kier alpha value is -2.10. The molecule has 2 aromatic rings. The molecule has 4 nitrogen and oxygen atoms in total. The van der Waals surface area contributed by atoms with Gasteiger partial charge in [-0.2, -0.15) is 0 Å². The number of nitrogens with two attached hydrogens (primary N) is 1. The average molecular weight is 256 g/mol. The highest BCUT2D eigenvalue weighted by atomic mass is 15.1. The fraction of sp³-hybridized carbons (Fsp3) is 0.333. The minimum absolute atomic E-state index is 0.0755. The van der Waals surface area contributed by atoms with Crippen molar-refractivity contribution in [3.63, 3.8) is 0 Å². The van der Waals surface area contributed by atoms with Crippen LogP contribution in [0.15, 0.2) is 41.5 Å². The van der Waals surface area contributed by atoms with Crippen LogP contribution in [0, 0.1) is 0 Å². The first-order valence-electron chi connectivity index (χ1n) is 6.36. The third-order valence-corrected chi connectivity index (χ3v) is 2.66. The van der Waals surface area contributed by atoms with Crippen molar-refractivity contribution >= 4 is 16.9 Å². The maximum Gasteiger partial charge on any atom is 0.189 e. The SMILES string of the molecule is CC(C)(C)NC(N)=NCc1ccnc2ccccc12. The second-order valence-electron chi connectivity index (χ2n) is 5.56. The molecule has 0 bridgehead atoms. The third-order valence-electron chi connectivity index (χ3n) is 2.66. The van der Waals surface area contributed by atoms with Gasteiger partial charge >= 0.3 is 0 Å². The molecule has 0 saturated carbocycles. The monoisotopic (exact) mass is 256 g/mol. The molecule has 1 aromatic heterocycles. The highest BCUT2D eigenvalue weighted by Crippen LogP contribution is 2.16. The summed E-state index contributed by atoms with van der Waals surface area (Å²) in [6.45, 7) is 6.71. The van der Waals surface area contributed by atoms with E-state index in [0.29, 0.717) is 12.5 Å². The van der Waals surface area contributed by atoms with Crippen LogP contribution in [-0.2, 0) is 6.54 Å². The van der Waals surface area contributed by atoms with Gasteiger partial charge in [0.15, 0.2) is 5.96 Å². The molecule has 4 heteroatoms. The first kappa shape index (κ1) is 13.3. The lowest BCUT2D eigenvalue weighted by Crippen LogP contribution is -2.44. The third kappa shape index (κ3) is 3.68. The summed E-state index contributed by atoms with van der Waals surface area (Å²) >= 11 is 0. The molecule has 0 aliphatic heterocycles. The van der Waals surface area contributed by atoms with Gasteiger partial charge in [-0.3, -0.25) is 4.98 Å². The summed E-state index contributed by atoms with van der Waals surface area (Å²) in [5.74, 6) is 0.466. The Kier molecular flexibility index (Phi) is 3.69. The molecule has 3 N–H and O–H groups in total. The van der Waals surface area contributed by atoms with Crippen molar-refractivity contribution in [1.29, 1.82) is 0 Å². The van der Waals surface area contributed by atoms with Gasteiger partial charge in [-0.05, 0) is 38.5 Å². The van der Waals surface area contributed by atoms with Gasteiger partial charge < -0.3 is 11.1 Å². The number of benzene rings is 1. The van der Waals surface area contributed by atoms with E-state index in [0.717, 1.165) is 16.5 Å². The van der Waals surface area contributed by atoms with Crippen LogP contribution in [-0.4, -0.2) is 16.5 Å². The van der Waals surface area contributed by atoms with Crippen LogP contribution in [0.2, 0.25) is 0 Å². The number of aromatic nitrogens is 1. The summed E-state index contributed by atoms with van der Waals surface area (Å²) in [5, 5.41) is 4.27. The molecular weight excluding hydrogens is 236 g/mol. The lowest BCUT2D eigenvalue weighted by Gasteiger charge is -2.21. The highest BCUT2D eigenvalue weighted by molar-refractivity contribution is 5.82. The Morgan fingerprint density at radius 3 is 2.74 bits per heavy atom. The Morgan fingerprint density at radius 1 is 1.26 bits per heavy atom. The molecule has 0 amide bonds. The number of nitrogens with one attached hydrogen (secondary N) is 1. The molecule has 0 spiro atoms. The van der Waals surface area contributed by atoms with Crippen molar-refractivity contribution in [3.05, 3.63) is 42.1 Å². The molecule has 0 fully saturated rings. The van der Waals surface area contributed by atoms with E-state index >= 15 is 0 Å². The van der Waals surface area contributed by atoms with Crippen LogP contribution in [0.3, 0.4) is 0 Å². The zero-order valence-electron chi connectivity index (χ0n) is 11.6. The summed E-state index contributed by atoms with van der Waals surface area (Å²) in [7, 11) is 0. The molecule has 0 radical (unpaired) electrons. The number of nitrogens with zero attached hydrogens (tertiary/aromatic N) is 2. The van der Waals surface area contributed by atoms with Gasteiger partial charge in [0.2, 0.25) is 0 Å². The molecule has 1 heterocycles. The second kappa shape index (κ2) is 5.26. The van der Waals surface area contributed by atoms with E-state index in [1.165, 1.54) is 0 Å². The van der Waals surface area contributed by atoms with Crippen LogP contribution >= 0.6 is 0 Å². The summed E-state index contributed by atoms with van der Waals surface area (Å²) in [6, 6.07) is 10.0. The van der Waals surface area contributed by atoms with Crippen LogP contribution in [0.1, 0.15) is 26.3 Å². The van der Waals surface area contributed by atoms with Gasteiger partial charge in [0.05, 0.1) is 12.1 Å². The Labute approximate surface area is 113 Å². The molecule has 2 rings (SSSR count). The van der Waals surface area contributed by atoms with Crippen LogP contribution in [0.25, 0.3) is 10.9 Å². The van der Waals surface area contributed by atoms with Crippen molar-refractivity contribution < 1.29 is 0 Å². The number of rotatable bonds is 2. The van der Waals surface area contributed by atoms with Crippen molar-refractivity contribution in [3.8, 4) is 0 Å². The number of aliphatic imine (C=N–C) groups is 1. The average Bonchev–Trinajstić information content (AvgIpc) is 2.34. The van der Waals surface area contributed by atoms with E-state index in [1.54, 1.807) is 6.20 Å². The van der Waals surface area contributed by atoms with Crippen molar-refractivity contribution in [2.24, 2.45) is 10.7 Å². The number of hydrogen-bond donors (Lipinski definition) is 2. The second-order valence-corrected chi connectivity index (χ2v) is 5.56. The highest BCUT2D eigenvalue weighted by Gasteiger charge is 2.09. The Bertz CT molecular complexity index is 591. The lowest BCUT2D eigenvalue weighted by molar-refractivity contribution is 0.508. The van der Waals surface area contributed by atoms with Crippen molar-refractivity contribution in [2.45, 2.75) is 32.9 Å². The molecule has 0 aliphatic rings. The number of pyridine rings is 1. The fourth-order valence-corrected chi connectivity index (χ4v) is 1.89. The van der Waals surface area contributed by atoms with Crippen molar-refractivity contribution in [1.82, 2.24) is 10.3 Å². The van der Waals surface area contributed by atoms with Gasteiger partial charge in [-0.25, -0.2) is 4.99 Å². The van der Waals surface area contributed by atoms with E-state index < -0.39 is 0 Å². The maximum absolute atomic E-state index is 5.88. The molecule has 0 saturated heterocycles. The zero-order chi connectivity index (χ0) is 13.9. The van der Waals surface area contributed by atoms with Crippen LogP contribution < -0.4 is 11.1 Å². The minimum atomic E-state index is -0.0755. The van der Waals surface area contributed by atoms with Crippen LogP contribution in [0.5, 0.6) is 0 Å². The number of guanidine groups is 1. The first-order chi connectivity index (χ1) is 8.96.